The zero-order valence-corrected chi connectivity index (χ0v) is 5.56. The van der Waals surface area contributed by atoms with E-state index >= 15 is 0 Å². The first-order valence-electron chi connectivity index (χ1n) is 3.11. The van der Waals surface area contributed by atoms with E-state index in [1.807, 2.05) is 0 Å². The van der Waals surface area contributed by atoms with Gasteiger partial charge in [-0.25, -0.2) is 0 Å². The predicted molar refractivity (Wildman–Crippen MR) is 34.1 cm³/mol. The fraction of sp³-hybridized carbons (Fsp3) is 1.00. The lowest BCUT2D eigenvalue weighted by molar-refractivity contribution is 0.132. The van der Waals surface area contributed by atoms with Crippen LogP contribution < -0.4 is 0 Å². The second-order valence-corrected chi connectivity index (χ2v) is 3.03. The van der Waals surface area contributed by atoms with Crippen LogP contribution >= 0.6 is 11.6 Å². The van der Waals surface area contributed by atoms with Crippen molar-refractivity contribution in [2.75, 3.05) is 0 Å². The van der Waals surface area contributed by atoms with Gasteiger partial charge in [0.2, 0.25) is 0 Å². The van der Waals surface area contributed by atoms with E-state index in [4.69, 9.17) is 16.7 Å². The molecule has 1 nitrogen and oxygen atoms in total. The van der Waals surface area contributed by atoms with Crippen LogP contribution in [0.1, 0.15) is 25.7 Å². The number of hydrogen-bond acceptors (Lipinski definition) is 1. The number of hydrogen-bond donors (Lipinski definition) is 1. The average molecular weight is 135 g/mol. The van der Waals surface area contributed by atoms with Gasteiger partial charge in [0.25, 0.3) is 0 Å². The molecule has 0 aromatic carbocycles. The standard InChI is InChI=1S/C6H11ClO/c7-5-2-1-3-6(8)4-5/h5-6,8H,1-4H2/t5-,6+/m1/s1. The van der Waals surface area contributed by atoms with Gasteiger partial charge in [0, 0.05) is 5.38 Å². The Balaban J connectivity index is 2.23. The van der Waals surface area contributed by atoms with Gasteiger partial charge in [-0.2, -0.15) is 0 Å². The molecule has 0 saturated heterocycles. The molecule has 0 radical (unpaired) electrons. The van der Waals surface area contributed by atoms with Crippen molar-refractivity contribution in [2.24, 2.45) is 0 Å². The Hall–Kier alpha value is 0.250. The fourth-order valence-electron chi connectivity index (χ4n) is 1.11. The van der Waals surface area contributed by atoms with Gasteiger partial charge in [-0.05, 0) is 25.7 Å². The summed E-state index contributed by atoms with van der Waals surface area (Å²) in [5, 5.41) is 9.23. The van der Waals surface area contributed by atoms with Gasteiger partial charge < -0.3 is 5.11 Å². The molecule has 0 bridgehead atoms. The smallest absolute Gasteiger partial charge is 0.0554 e. The minimum absolute atomic E-state index is 0.119. The number of rotatable bonds is 0. The largest absolute Gasteiger partial charge is 0.393 e. The lowest BCUT2D eigenvalue weighted by atomic mass is 9.98. The Labute approximate surface area is 54.7 Å². The Bertz CT molecular complexity index is 66.9. The molecule has 1 aliphatic carbocycles. The predicted octanol–water partition coefficient (Wildman–Crippen LogP) is 1.53. The highest BCUT2D eigenvalue weighted by Gasteiger charge is 2.16. The summed E-state index contributed by atoms with van der Waals surface area (Å²) >= 11 is 5.75. The molecule has 48 valence electrons. The van der Waals surface area contributed by atoms with Crippen LogP contribution in [-0.4, -0.2) is 16.6 Å². The molecular formula is C6H11ClO. The summed E-state index contributed by atoms with van der Waals surface area (Å²) in [4.78, 5) is 0. The van der Waals surface area contributed by atoms with E-state index in [0.29, 0.717) is 0 Å². The molecule has 0 aromatic heterocycles. The zero-order valence-electron chi connectivity index (χ0n) is 4.81. The summed E-state index contributed by atoms with van der Waals surface area (Å²) in [6, 6.07) is 0. The molecule has 0 unspecified atom stereocenters. The molecular weight excluding hydrogens is 124 g/mol. The van der Waals surface area contributed by atoms with Crippen molar-refractivity contribution in [2.45, 2.75) is 37.2 Å². The summed E-state index contributed by atoms with van der Waals surface area (Å²) in [7, 11) is 0. The molecule has 0 heterocycles. The van der Waals surface area contributed by atoms with Gasteiger partial charge in [-0.15, -0.1) is 11.6 Å². The van der Waals surface area contributed by atoms with Gasteiger partial charge in [0.05, 0.1) is 6.10 Å². The third-order valence-corrected chi connectivity index (χ3v) is 1.98. The van der Waals surface area contributed by atoms with E-state index in [0.717, 1.165) is 25.7 Å². The first-order chi connectivity index (χ1) is 3.79. The molecule has 1 N–H and O–H groups in total. The van der Waals surface area contributed by atoms with Crippen molar-refractivity contribution in [1.82, 2.24) is 0 Å². The maximum absolute atomic E-state index is 9.00. The van der Waals surface area contributed by atoms with Crippen LogP contribution in [0.2, 0.25) is 0 Å². The summed E-state index contributed by atoms with van der Waals surface area (Å²) in [6.07, 6.45) is 3.80. The van der Waals surface area contributed by atoms with E-state index in [-0.39, 0.29) is 11.5 Å². The van der Waals surface area contributed by atoms with E-state index < -0.39 is 0 Å². The minimum Gasteiger partial charge on any atom is -0.393 e. The molecule has 0 spiro atoms. The normalized spacial score (nSPS) is 39.8. The molecule has 1 aliphatic rings. The van der Waals surface area contributed by atoms with E-state index in [1.54, 1.807) is 0 Å². The van der Waals surface area contributed by atoms with Gasteiger partial charge in [-0.3, -0.25) is 0 Å². The maximum atomic E-state index is 9.00. The van der Waals surface area contributed by atoms with E-state index in [2.05, 4.69) is 0 Å². The SMILES string of the molecule is O[C@H]1CCC[C@@H](Cl)C1. The third kappa shape index (κ3) is 1.64. The summed E-state index contributed by atoms with van der Waals surface area (Å²) in [5.41, 5.74) is 0. The Morgan fingerprint density at radius 2 is 2.12 bits per heavy atom. The van der Waals surface area contributed by atoms with Gasteiger partial charge in [0.1, 0.15) is 0 Å². The van der Waals surface area contributed by atoms with Gasteiger partial charge in [0.15, 0.2) is 0 Å². The van der Waals surface area contributed by atoms with Crippen LogP contribution in [0.15, 0.2) is 0 Å². The van der Waals surface area contributed by atoms with Gasteiger partial charge >= 0.3 is 0 Å². The molecule has 2 heteroatoms. The summed E-state index contributed by atoms with van der Waals surface area (Å²) in [5.74, 6) is 0. The average Bonchev–Trinajstić information content (AvgIpc) is 1.64. The highest BCUT2D eigenvalue weighted by molar-refractivity contribution is 6.20. The van der Waals surface area contributed by atoms with Crippen molar-refractivity contribution in [3.63, 3.8) is 0 Å². The summed E-state index contributed by atoms with van der Waals surface area (Å²) in [6.45, 7) is 0. The second kappa shape index (κ2) is 2.70. The minimum atomic E-state index is -0.119. The Morgan fingerprint density at radius 3 is 2.50 bits per heavy atom. The number of aliphatic hydroxyl groups is 1. The highest BCUT2D eigenvalue weighted by Crippen LogP contribution is 2.22. The molecule has 0 aromatic rings. The van der Waals surface area contributed by atoms with Gasteiger partial charge in [-0.1, -0.05) is 0 Å². The molecule has 2 atom stereocenters. The van der Waals surface area contributed by atoms with Crippen molar-refractivity contribution in [1.29, 1.82) is 0 Å². The quantitative estimate of drug-likeness (QED) is 0.499. The number of halogens is 1. The maximum Gasteiger partial charge on any atom is 0.0554 e. The lowest BCUT2D eigenvalue weighted by Gasteiger charge is -2.20. The molecule has 1 fully saturated rings. The molecule has 1 rings (SSSR count). The van der Waals surface area contributed by atoms with Crippen LogP contribution in [0.5, 0.6) is 0 Å². The molecule has 8 heavy (non-hydrogen) atoms. The topological polar surface area (TPSA) is 20.2 Å². The first-order valence-corrected chi connectivity index (χ1v) is 3.55. The Morgan fingerprint density at radius 1 is 1.38 bits per heavy atom. The number of alkyl halides is 1. The van der Waals surface area contributed by atoms with Crippen molar-refractivity contribution in [3.05, 3.63) is 0 Å². The van der Waals surface area contributed by atoms with E-state index in [9.17, 15) is 0 Å². The molecule has 1 saturated carbocycles. The summed E-state index contributed by atoms with van der Waals surface area (Å²) < 4.78 is 0. The Kier molecular flexibility index (Phi) is 2.15. The zero-order chi connectivity index (χ0) is 5.98. The van der Waals surface area contributed by atoms with Crippen LogP contribution in [0.3, 0.4) is 0 Å². The molecule has 0 aliphatic heterocycles. The fourth-order valence-corrected chi connectivity index (χ4v) is 1.47. The third-order valence-electron chi connectivity index (χ3n) is 1.58. The first kappa shape index (κ1) is 6.37. The van der Waals surface area contributed by atoms with Crippen LogP contribution in [0.4, 0.5) is 0 Å². The lowest BCUT2D eigenvalue weighted by Crippen LogP contribution is -2.19. The highest BCUT2D eigenvalue weighted by atomic mass is 35.5. The number of aliphatic hydroxyl groups excluding tert-OH is 1. The monoisotopic (exact) mass is 134 g/mol. The van der Waals surface area contributed by atoms with Crippen molar-refractivity contribution in [3.8, 4) is 0 Å². The van der Waals surface area contributed by atoms with Crippen LogP contribution in [0, 0.1) is 0 Å². The van der Waals surface area contributed by atoms with Crippen molar-refractivity contribution < 1.29 is 5.11 Å². The van der Waals surface area contributed by atoms with Crippen molar-refractivity contribution >= 4 is 11.6 Å². The molecule has 0 amide bonds. The van der Waals surface area contributed by atoms with E-state index in [1.165, 1.54) is 0 Å². The van der Waals surface area contributed by atoms with Crippen LogP contribution in [-0.2, 0) is 0 Å². The second-order valence-electron chi connectivity index (χ2n) is 2.42. The van der Waals surface area contributed by atoms with Crippen LogP contribution in [0.25, 0.3) is 0 Å².